The van der Waals surface area contributed by atoms with Gasteiger partial charge in [0.15, 0.2) is 5.96 Å². The smallest absolute Gasteiger partial charge is 0.191 e. The van der Waals surface area contributed by atoms with E-state index >= 15 is 0 Å². The molecule has 170 valence electrons. The molecule has 1 saturated heterocycles. The first-order chi connectivity index (χ1) is 14.2. The molecule has 0 bridgehead atoms. The van der Waals surface area contributed by atoms with E-state index in [1.165, 1.54) is 31.4 Å². The van der Waals surface area contributed by atoms with E-state index in [9.17, 15) is 4.21 Å². The maximum absolute atomic E-state index is 12.2. The van der Waals surface area contributed by atoms with Gasteiger partial charge in [-0.05, 0) is 44.2 Å². The predicted molar refractivity (Wildman–Crippen MR) is 139 cm³/mol. The molecule has 4 atom stereocenters. The molecule has 2 fully saturated rings. The van der Waals surface area contributed by atoms with Crippen molar-refractivity contribution in [1.82, 2.24) is 15.5 Å². The average molecular weight is 547 g/mol. The van der Waals surface area contributed by atoms with Crippen molar-refractivity contribution < 1.29 is 4.21 Å². The maximum atomic E-state index is 12.2. The highest BCUT2D eigenvalue weighted by molar-refractivity contribution is 14.0. The molecule has 0 amide bonds. The summed E-state index contributed by atoms with van der Waals surface area (Å²) in [6.07, 6.45) is 8.20. The molecule has 1 aromatic carbocycles. The zero-order valence-corrected chi connectivity index (χ0v) is 21.7. The predicted octanol–water partition coefficient (Wildman–Crippen LogP) is 3.90. The molecule has 30 heavy (non-hydrogen) atoms. The summed E-state index contributed by atoms with van der Waals surface area (Å²) in [5.41, 5.74) is 1.39. The van der Waals surface area contributed by atoms with Crippen LogP contribution in [0.15, 0.2) is 35.3 Å². The van der Waals surface area contributed by atoms with Gasteiger partial charge in [0.25, 0.3) is 0 Å². The summed E-state index contributed by atoms with van der Waals surface area (Å²) >= 11 is 0. The molecule has 0 radical (unpaired) electrons. The van der Waals surface area contributed by atoms with Crippen molar-refractivity contribution in [3.05, 3.63) is 35.9 Å². The highest BCUT2D eigenvalue weighted by atomic mass is 127. The molecule has 1 saturated carbocycles. The summed E-state index contributed by atoms with van der Waals surface area (Å²) < 4.78 is 12.2. The van der Waals surface area contributed by atoms with Gasteiger partial charge in [0.1, 0.15) is 0 Å². The Bertz CT molecular complexity index is 672. The molecule has 2 N–H and O–H groups in total. The number of hydrogen-bond acceptors (Lipinski definition) is 3. The molecule has 0 spiro atoms. The van der Waals surface area contributed by atoms with E-state index in [4.69, 9.17) is 0 Å². The molecule has 2 aliphatic rings. The second kappa shape index (κ2) is 13.7. The van der Waals surface area contributed by atoms with Gasteiger partial charge in [0, 0.05) is 54.0 Å². The maximum Gasteiger partial charge on any atom is 0.191 e. The first-order valence-electron chi connectivity index (χ1n) is 11.3. The van der Waals surface area contributed by atoms with Crippen LogP contribution < -0.4 is 10.6 Å². The quantitative estimate of drug-likeness (QED) is 0.310. The van der Waals surface area contributed by atoms with Crippen LogP contribution in [0.4, 0.5) is 0 Å². The van der Waals surface area contributed by atoms with Crippen molar-refractivity contribution >= 4 is 40.7 Å². The minimum absolute atomic E-state index is 0. The zero-order valence-electron chi connectivity index (χ0n) is 18.5. The molecular weight excluding hydrogens is 507 g/mol. The van der Waals surface area contributed by atoms with Gasteiger partial charge < -0.3 is 10.6 Å². The van der Waals surface area contributed by atoms with Crippen LogP contribution in [0.2, 0.25) is 0 Å². The van der Waals surface area contributed by atoms with Crippen LogP contribution in [0.25, 0.3) is 0 Å². The molecule has 7 heteroatoms. The van der Waals surface area contributed by atoms with E-state index in [0.717, 1.165) is 50.5 Å². The SMILES string of the molecule is CCS(=O)C1CCCC(NC(=NC)NCC2CCCCN2Cc2ccccc2)C1.I. The van der Waals surface area contributed by atoms with Gasteiger partial charge in [-0.1, -0.05) is 50.1 Å². The topological polar surface area (TPSA) is 56.7 Å². The molecule has 1 aromatic rings. The van der Waals surface area contributed by atoms with Crippen molar-refractivity contribution in [2.24, 2.45) is 4.99 Å². The second-order valence-electron chi connectivity index (χ2n) is 8.36. The van der Waals surface area contributed by atoms with Gasteiger partial charge in [-0.3, -0.25) is 14.1 Å². The van der Waals surface area contributed by atoms with Gasteiger partial charge in [-0.15, -0.1) is 24.0 Å². The van der Waals surface area contributed by atoms with Crippen LogP contribution in [-0.4, -0.2) is 58.3 Å². The number of benzene rings is 1. The van der Waals surface area contributed by atoms with Crippen molar-refractivity contribution in [2.75, 3.05) is 25.9 Å². The fourth-order valence-corrected chi connectivity index (χ4v) is 6.02. The van der Waals surface area contributed by atoms with Gasteiger partial charge in [0.2, 0.25) is 0 Å². The van der Waals surface area contributed by atoms with E-state index in [1.807, 2.05) is 14.0 Å². The molecule has 1 aliphatic heterocycles. The number of piperidine rings is 1. The highest BCUT2D eigenvalue weighted by Gasteiger charge is 2.27. The summed E-state index contributed by atoms with van der Waals surface area (Å²) in [6, 6.07) is 11.7. The third-order valence-electron chi connectivity index (χ3n) is 6.33. The number of hydrogen-bond donors (Lipinski definition) is 2. The van der Waals surface area contributed by atoms with Crippen molar-refractivity contribution in [1.29, 1.82) is 0 Å². The standard InChI is InChI=1S/C23H38N4OS.HI/c1-3-29(28)22-14-9-12-20(16-22)26-23(24-2)25-17-21-13-7-8-15-27(21)18-19-10-5-4-6-11-19;/h4-6,10-11,20-22H,3,7-9,12-18H2,1-2H3,(H2,24,25,26);1H. The van der Waals surface area contributed by atoms with Crippen LogP contribution in [0, 0.1) is 0 Å². The normalized spacial score (nSPS) is 26.5. The van der Waals surface area contributed by atoms with Crippen LogP contribution in [0.1, 0.15) is 57.4 Å². The first kappa shape index (κ1) is 25.6. The van der Waals surface area contributed by atoms with E-state index in [0.29, 0.717) is 17.3 Å². The summed E-state index contributed by atoms with van der Waals surface area (Å²) in [6.45, 7) is 5.13. The Balaban J connectivity index is 0.00000320. The fourth-order valence-electron chi connectivity index (χ4n) is 4.67. The summed E-state index contributed by atoms with van der Waals surface area (Å²) in [7, 11) is 1.16. The number of nitrogens with zero attached hydrogens (tertiary/aromatic N) is 2. The fraction of sp³-hybridized carbons (Fsp3) is 0.696. The zero-order chi connectivity index (χ0) is 20.5. The molecule has 1 aliphatic carbocycles. The monoisotopic (exact) mass is 546 g/mol. The van der Waals surface area contributed by atoms with Gasteiger partial charge >= 0.3 is 0 Å². The van der Waals surface area contributed by atoms with Gasteiger partial charge in [-0.25, -0.2) is 0 Å². The van der Waals surface area contributed by atoms with E-state index < -0.39 is 10.8 Å². The molecule has 3 rings (SSSR count). The Hall–Kier alpha value is -0.670. The lowest BCUT2D eigenvalue weighted by Crippen LogP contribution is -2.51. The second-order valence-corrected chi connectivity index (χ2v) is 10.4. The average Bonchev–Trinajstić information content (AvgIpc) is 2.78. The summed E-state index contributed by atoms with van der Waals surface area (Å²) in [5, 5.41) is 7.52. The third kappa shape index (κ3) is 7.79. The Morgan fingerprint density at radius 1 is 1.17 bits per heavy atom. The van der Waals surface area contributed by atoms with Crippen molar-refractivity contribution in [2.45, 2.75) is 75.7 Å². The first-order valence-corrected chi connectivity index (χ1v) is 12.7. The van der Waals surface area contributed by atoms with Gasteiger partial charge in [-0.2, -0.15) is 0 Å². The molecule has 1 heterocycles. The summed E-state index contributed by atoms with van der Waals surface area (Å²) in [5.74, 6) is 1.66. The number of likely N-dealkylation sites (tertiary alicyclic amines) is 1. The number of aliphatic imine (C=N–C) groups is 1. The summed E-state index contributed by atoms with van der Waals surface area (Å²) in [4.78, 5) is 7.08. The Labute approximate surface area is 202 Å². The van der Waals surface area contributed by atoms with Crippen LogP contribution >= 0.6 is 24.0 Å². The van der Waals surface area contributed by atoms with Crippen LogP contribution in [-0.2, 0) is 17.3 Å². The highest BCUT2D eigenvalue weighted by Crippen LogP contribution is 2.23. The number of nitrogens with one attached hydrogen (secondary N) is 2. The van der Waals surface area contributed by atoms with Crippen molar-refractivity contribution in [3.63, 3.8) is 0 Å². The lowest BCUT2D eigenvalue weighted by Gasteiger charge is -2.36. The largest absolute Gasteiger partial charge is 0.355 e. The van der Waals surface area contributed by atoms with Crippen LogP contribution in [0.3, 0.4) is 0 Å². The minimum Gasteiger partial charge on any atom is -0.355 e. The Kier molecular flexibility index (Phi) is 11.7. The van der Waals surface area contributed by atoms with E-state index in [1.54, 1.807) is 0 Å². The number of guanidine groups is 1. The van der Waals surface area contributed by atoms with E-state index in [2.05, 4.69) is 50.9 Å². The number of rotatable bonds is 7. The molecular formula is C23H39IN4OS. The Morgan fingerprint density at radius 3 is 2.70 bits per heavy atom. The molecule has 5 nitrogen and oxygen atoms in total. The van der Waals surface area contributed by atoms with Gasteiger partial charge in [0.05, 0.1) is 0 Å². The lowest BCUT2D eigenvalue weighted by molar-refractivity contribution is 0.141. The third-order valence-corrected chi connectivity index (χ3v) is 8.07. The lowest BCUT2D eigenvalue weighted by atomic mass is 9.95. The van der Waals surface area contributed by atoms with Crippen LogP contribution in [0.5, 0.6) is 0 Å². The molecule has 0 aromatic heterocycles. The number of halogens is 1. The van der Waals surface area contributed by atoms with E-state index in [-0.39, 0.29) is 24.0 Å². The Morgan fingerprint density at radius 2 is 1.97 bits per heavy atom. The minimum atomic E-state index is -0.690. The van der Waals surface area contributed by atoms with Crippen molar-refractivity contribution in [3.8, 4) is 0 Å². The molecule has 4 unspecified atom stereocenters.